The number of carbonyl (C=O) groups is 1. The lowest BCUT2D eigenvalue weighted by Gasteiger charge is -2.34. The summed E-state index contributed by atoms with van der Waals surface area (Å²) >= 11 is 1.66. The quantitative estimate of drug-likeness (QED) is 0.896. The number of urea groups is 1. The van der Waals surface area contributed by atoms with Crippen LogP contribution >= 0.6 is 11.3 Å². The molecule has 1 saturated heterocycles. The monoisotopic (exact) mass is 311 g/mol. The van der Waals surface area contributed by atoms with Gasteiger partial charge in [-0.25, -0.2) is 9.78 Å². The van der Waals surface area contributed by atoms with Crippen LogP contribution in [-0.2, 0) is 13.0 Å². The predicted octanol–water partition coefficient (Wildman–Crippen LogP) is 2.25. The zero-order valence-corrected chi connectivity index (χ0v) is 13.8. The van der Waals surface area contributed by atoms with E-state index in [-0.39, 0.29) is 11.9 Å². The smallest absolute Gasteiger partial charge is 0.317 e. The van der Waals surface area contributed by atoms with E-state index in [1.807, 2.05) is 13.1 Å². The van der Waals surface area contributed by atoms with Crippen LogP contribution in [0.3, 0.4) is 0 Å². The van der Waals surface area contributed by atoms with Crippen molar-refractivity contribution in [1.82, 2.24) is 15.2 Å². The van der Waals surface area contributed by atoms with Gasteiger partial charge in [0.15, 0.2) is 0 Å². The highest BCUT2D eigenvalue weighted by Crippen LogP contribution is 2.18. The fourth-order valence-electron chi connectivity index (χ4n) is 2.38. The topological polar surface area (TPSA) is 65.5 Å². The summed E-state index contributed by atoms with van der Waals surface area (Å²) in [6.45, 7) is 8.01. The third-order valence-electron chi connectivity index (χ3n) is 3.80. The van der Waals surface area contributed by atoms with E-state index in [0.29, 0.717) is 25.6 Å². The van der Waals surface area contributed by atoms with Crippen LogP contribution in [0.2, 0.25) is 0 Å². The molecule has 0 bridgehead atoms. The zero-order chi connectivity index (χ0) is 15.4. The van der Waals surface area contributed by atoms with Gasteiger partial charge in [0.05, 0.1) is 17.7 Å². The Bertz CT molecular complexity index is 475. The molecule has 118 valence electrons. The van der Waals surface area contributed by atoms with Gasteiger partial charge in [0.25, 0.3) is 0 Å². The van der Waals surface area contributed by atoms with Gasteiger partial charge in [-0.3, -0.25) is 0 Å². The molecule has 0 aliphatic carbocycles. The summed E-state index contributed by atoms with van der Waals surface area (Å²) in [6, 6.07) is -0.0974. The van der Waals surface area contributed by atoms with E-state index in [1.165, 1.54) is 0 Å². The summed E-state index contributed by atoms with van der Waals surface area (Å²) in [7, 11) is 0. The molecule has 5 nitrogen and oxygen atoms in total. The first-order valence-electron chi connectivity index (χ1n) is 7.60. The fourth-order valence-corrected chi connectivity index (χ4v) is 3.46. The van der Waals surface area contributed by atoms with Gasteiger partial charge in [0.1, 0.15) is 0 Å². The summed E-state index contributed by atoms with van der Waals surface area (Å²) < 4.78 is 0. The Balaban J connectivity index is 1.80. The fraction of sp³-hybridized carbons (Fsp3) is 0.733. The Morgan fingerprint density at radius 2 is 2.38 bits per heavy atom. The highest BCUT2D eigenvalue weighted by Gasteiger charge is 2.27. The van der Waals surface area contributed by atoms with Gasteiger partial charge in [-0.15, -0.1) is 11.3 Å². The second-order valence-corrected chi connectivity index (χ2v) is 7.46. The number of hydrogen-bond donors (Lipinski definition) is 2. The average molecular weight is 311 g/mol. The number of aromatic nitrogens is 1. The van der Waals surface area contributed by atoms with Crippen molar-refractivity contribution in [2.75, 3.05) is 13.1 Å². The van der Waals surface area contributed by atoms with Crippen molar-refractivity contribution in [2.45, 2.75) is 46.3 Å². The maximum Gasteiger partial charge on any atom is 0.317 e. The number of thiazole rings is 1. The predicted molar refractivity (Wildman–Crippen MR) is 84.3 cm³/mol. The van der Waals surface area contributed by atoms with Crippen molar-refractivity contribution in [2.24, 2.45) is 11.8 Å². The van der Waals surface area contributed by atoms with Crippen molar-refractivity contribution < 1.29 is 9.90 Å². The zero-order valence-electron chi connectivity index (χ0n) is 13.0. The minimum absolute atomic E-state index is 0.0974. The standard InChI is InChI=1S/C15H25N3O2S/c1-10(2)6-14-16-7-12(21-14)8-17-15(20)18-5-4-11(3)13(19)9-18/h7,10-11,13,19H,4-6,8-9H2,1-3H3,(H,17,20). The van der Waals surface area contributed by atoms with E-state index in [9.17, 15) is 9.90 Å². The van der Waals surface area contributed by atoms with Crippen molar-refractivity contribution >= 4 is 17.4 Å². The van der Waals surface area contributed by atoms with Crippen LogP contribution in [0.25, 0.3) is 0 Å². The summed E-state index contributed by atoms with van der Waals surface area (Å²) in [6.07, 6.45) is 3.27. The third kappa shape index (κ3) is 4.68. The molecule has 1 fully saturated rings. The lowest BCUT2D eigenvalue weighted by atomic mass is 9.96. The van der Waals surface area contributed by atoms with E-state index < -0.39 is 6.10 Å². The molecule has 2 rings (SSSR count). The molecule has 2 unspecified atom stereocenters. The Morgan fingerprint density at radius 1 is 1.62 bits per heavy atom. The van der Waals surface area contributed by atoms with Gasteiger partial charge in [0, 0.05) is 30.6 Å². The van der Waals surface area contributed by atoms with Crippen molar-refractivity contribution in [3.05, 3.63) is 16.1 Å². The van der Waals surface area contributed by atoms with Gasteiger partial charge in [-0.2, -0.15) is 0 Å². The summed E-state index contributed by atoms with van der Waals surface area (Å²) in [5, 5.41) is 13.9. The number of piperidine rings is 1. The molecule has 0 aromatic carbocycles. The van der Waals surface area contributed by atoms with E-state index >= 15 is 0 Å². The average Bonchev–Trinajstić information content (AvgIpc) is 2.86. The van der Waals surface area contributed by atoms with Crippen LogP contribution in [-0.4, -0.2) is 40.2 Å². The highest BCUT2D eigenvalue weighted by atomic mass is 32.1. The van der Waals surface area contributed by atoms with Gasteiger partial charge >= 0.3 is 6.03 Å². The maximum atomic E-state index is 12.1. The van der Waals surface area contributed by atoms with E-state index in [0.717, 1.165) is 22.7 Å². The minimum Gasteiger partial charge on any atom is -0.391 e. The van der Waals surface area contributed by atoms with Crippen LogP contribution in [0.15, 0.2) is 6.20 Å². The molecule has 21 heavy (non-hydrogen) atoms. The summed E-state index contributed by atoms with van der Waals surface area (Å²) in [5.74, 6) is 0.865. The molecule has 2 heterocycles. The number of amides is 2. The van der Waals surface area contributed by atoms with Gasteiger partial charge < -0.3 is 15.3 Å². The molecule has 6 heteroatoms. The second kappa shape index (κ2) is 7.22. The Morgan fingerprint density at radius 3 is 3.05 bits per heavy atom. The molecule has 0 radical (unpaired) electrons. The molecule has 2 N–H and O–H groups in total. The number of nitrogens with zero attached hydrogens (tertiary/aromatic N) is 2. The van der Waals surface area contributed by atoms with Crippen LogP contribution < -0.4 is 5.32 Å². The van der Waals surface area contributed by atoms with Crippen LogP contribution in [0.5, 0.6) is 0 Å². The number of hydrogen-bond acceptors (Lipinski definition) is 4. The maximum absolute atomic E-state index is 12.1. The normalized spacial score (nSPS) is 22.6. The van der Waals surface area contributed by atoms with Crippen LogP contribution in [0.1, 0.15) is 37.1 Å². The first-order chi connectivity index (χ1) is 9.95. The van der Waals surface area contributed by atoms with Crippen molar-refractivity contribution in [1.29, 1.82) is 0 Å². The van der Waals surface area contributed by atoms with Crippen LogP contribution in [0, 0.1) is 11.8 Å². The number of aliphatic hydroxyl groups is 1. The van der Waals surface area contributed by atoms with E-state index in [2.05, 4.69) is 24.1 Å². The SMILES string of the molecule is CC(C)Cc1ncc(CNC(=O)N2CCC(C)C(O)C2)s1. The Hall–Kier alpha value is -1.14. The molecule has 1 aromatic rings. The second-order valence-electron chi connectivity index (χ2n) is 6.26. The first-order valence-corrected chi connectivity index (χ1v) is 8.41. The minimum atomic E-state index is -0.412. The van der Waals surface area contributed by atoms with Crippen molar-refractivity contribution in [3.63, 3.8) is 0 Å². The molecular weight excluding hydrogens is 286 g/mol. The molecule has 2 amide bonds. The first kappa shape index (κ1) is 16.2. The third-order valence-corrected chi connectivity index (χ3v) is 4.82. The molecule has 1 aromatic heterocycles. The lowest BCUT2D eigenvalue weighted by molar-refractivity contribution is 0.0435. The molecular formula is C15H25N3O2S. The number of carbonyl (C=O) groups excluding carboxylic acids is 1. The van der Waals surface area contributed by atoms with Crippen molar-refractivity contribution in [3.8, 4) is 0 Å². The number of likely N-dealkylation sites (tertiary alicyclic amines) is 1. The van der Waals surface area contributed by atoms with Crippen LogP contribution in [0.4, 0.5) is 4.79 Å². The summed E-state index contributed by atoms with van der Waals surface area (Å²) in [4.78, 5) is 19.2. The van der Waals surface area contributed by atoms with E-state index in [4.69, 9.17) is 0 Å². The number of nitrogens with one attached hydrogen (secondary N) is 1. The number of aliphatic hydroxyl groups excluding tert-OH is 1. The Kier molecular flexibility index (Phi) is 5.58. The number of rotatable bonds is 4. The van der Waals surface area contributed by atoms with Gasteiger partial charge in [-0.1, -0.05) is 20.8 Å². The molecule has 0 saturated carbocycles. The van der Waals surface area contributed by atoms with Gasteiger partial charge in [-0.05, 0) is 18.3 Å². The molecule has 2 atom stereocenters. The molecule has 0 spiro atoms. The van der Waals surface area contributed by atoms with Gasteiger partial charge in [0.2, 0.25) is 0 Å². The number of β-amino-alcohol motifs (C(OH)–C–C–N with tert-alkyl or cyclic N) is 1. The lowest BCUT2D eigenvalue weighted by Crippen LogP contribution is -2.49. The van der Waals surface area contributed by atoms with E-state index in [1.54, 1.807) is 16.2 Å². The Labute approximate surface area is 130 Å². The highest BCUT2D eigenvalue weighted by molar-refractivity contribution is 7.11. The summed E-state index contributed by atoms with van der Waals surface area (Å²) in [5.41, 5.74) is 0. The molecule has 1 aliphatic heterocycles. The molecule has 1 aliphatic rings. The largest absolute Gasteiger partial charge is 0.391 e.